The van der Waals surface area contributed by atoms with Gasteiger partial charge in [-0.2, -0.15) is 0 Å². The van der Waals surface area contributed by atoms with Crippen molar-refractivity contribution in [3.05, 3.63) is 23.8 Å². The molecule has 1 aromatic carbocycles. The van der Waals surface area contributed by atoms with Gasteiger partial charge in [0.15, 0.2) is 11.4 Å². The van der Waals surface area contributed by atoms with E-state index in [0.29, 0.717) is 17.0 Å². The standard InChI is InChI=1S/C15H18ClNO4/c1-9(16)13(18)10-5-6-12-11(7-10)17(8-20-4)14(19)15(2,3)21-12/h5-7,9H,8H2,1-4H3. The Kier molecular flexibility index (Phi) is 4.25. The minimum absolute atomic E-state index is 0.0900. The van der Waals surface area contributed by atoms with Crippen LogP contribution in [-0.2, 0) is 9.53 Å². The van der Waals surface area contributed by atoms with E-state index in [9.17, 15) is 9.59 Å². The summed E-state index contributed by atoms with van der Waals surface area (Å²) in [4.78, 5) is 25.9. The molecule has 0 spiro atoms. The lowest BCUT2D eigenvalue weighted by atomic mass is 10.0. The molecule has 0 radical (unpaired) electrons. The predicted octanol–water partition coefficient (Wildman–Crippen LogP) is 2.60. The zero-order valence-electron chi connectivity index (χ0n) is 12.5. The average molecular weight is 312 g/mol. The monoisotopic (exact) mass is 311 g/mol. The number of amides is 1. The van der Waals surface area contributed by atoms with Gasteiger partial charge in [0.1, 0.15) is 12.5 Å². The number of hydrogen-bond acceptors (Lipinski definition) is 4. The summed E-state index contributed by atoms with van der Waals surface area (Å²) < 4.78 is 10.8. The summed E-state index contributed by atoms with van der Waals surface area (Å²) in [6, 6.07) is 4.94. The van der Waals surface area contributed by atoms with Crippen molar-refractivity contribution in [1.82, 2.24) is 0 Å². The van der Waals surface area contributed by atoms with Crippen molar-refractivity contribution in [3.63, 3.8) is 0 Å². The molecule has 0 aromatic heterocycles. The molecule has 2 rings (SSSR count). The van der Waals surface area contributed by atoms with E-state index in [4.69, 9.17) is 21.1 Å². The van der Waals surface area contributed by atoms with Gasteiger partial charge in [-0.3, -0.25) is 14.5 Å². The molecule has 114 valence electrons. The van der Waals surface area contributed by atoms with Gasteiger partial charge in [0, 0.05) is 12.7 Å². The molecule has 0 N–H and O–H groups in total. The van der Waals surface area contributed by atoms with Gasteiger partial charge in [-0.1, -0.05) is 0 Å². The Morgan fingerprint density at radius 2 is 2.14 bits per heavy atom. The lowest BCUT2D eigenvalue weighted by Gasteiger charge is -2.38. The topological polar surface area (TPSA) is 55.8 Å². The number of Topliss-reactive ketones (excluding diaryl/α,β-unsaturated/α-hetero) is 1. The van der Waals surface area contributed by atoms with Crippen molar-refractivity contribution < 1.29 is 19.1 Å². The molecule has 0 fully saturated rings. The van der Waals surface area contributed by atoms with Crippen molar-refractivity contribution >= 4 is 29.0 Å². The quantitative estimate of drug-likeness (QED) is 0.633. The fourth-order valence-corrected chi connectivity index (χ4v) is 2.33. The zero-order valence-corrected chi connectivity index (χ0v) is 13.2. The second-order valence-electron chi connectivity index (χ2n) is 5.43. The Hall–Kier alpha value is -1.59. The van der Waals surface area contributed by atoms with Crippen LogP contribution in [0.1, 0.15) is 31.1 Å². The fourth-order valence-electron chi connectivity index (χ4n) is 2.21. The van der Waals surface area contributed by atoms with Crippen LogP contribution < -0.4 is 9.64 Å². The minimum atomic E-state index is -0.975. The van der Waals surface area contributed by atoms with E-state index in [0.717, 1.165) is 0 Å². The van der Waals surface area contributed by atoms with E-state index in [-0.39, 0.29) is 18.4 Å². The number of benzene rings is 1. The maximum absolute atomic E-state index is 12.4. The van der Waals surface area contributed by atoms with Gasteiger partial charge in [-0.15, -0.1) is 11.6 Å². The van der Waals surface area contributed by atoms with Crippen molar-refractivity contribution in [2.75, 3.05) is 18.7 Å². The highest BCUT2D eigenvalue weighted by molar-refractivity contribution is 6.33. The Labute approximate surface area is 128 Å². The number of hydrogen-bond donors (Lipinski definition) is 0. The van der Waals surface area contributed by atoms with E-state index in [1.165, 1.54) is 12.0 Å². The number of methoxy groups -OCH3 is 1. The lowest BCUT2D eigenvalue weighted by molar-refractivity contribution is -0.133. The largest absolute Gasteiger partial charge is 0.476 e. The molecule has 0 aliphatic carbocycles. The molecule has 0 saturated heterocycles. The number of anilines is 1. The van der Waals surface area contributed by atoms with Crippen molar-refractivity contribution in [1.29, 1.82) is 0 Å². The number of nitrogens with zero attached hydrogens (tertiary/aromatic N) is 1. The molecule has 1 atom stereocenters. The molecule has 21 heavy (non-hydrogen) atoms. The van der Waals surface area contributed by atoms with Crippen LogP contribution in [0.4, 0.5) is 5.69 Å². The molecule has 5 nitrogen and oxygen atoms in total. The molecular weight excluding hydrogens is 294 g/mol. The van der Waals surface area contributed by atoms with Crippen LogP contribution >= 0.6 is 11.6 Å². The van der Waals surface area contributed by atoms with Crippen LogP contribution in [0.25, 0.3) is 0 Å². The summed E-state index contributed by atoms with van der Waals surface area (Å²) in [5.74, 6) is 0.116. The molecule has 1 amide bonds. The Morgan fingerprint density at radius 1 is 1.48 bits per heavy atom. The maximum Gasteiger partial charge on any atom is 0.272 e. The first-order valence-corrected chi connectivity index (χ1v) is 7.04. The highest BCUT2D eigenvalue weighted by Gasteiger charge is 2.41. The van der Waals surface area contributed by atoms with Gasteiger partial charge in [-0.25, -0.2) is 0 Å². The number of alkyl halides is 1. The first kappa shape index (κ1) is 15.8. The second-order valence-corrected chi connectivity index (χ2v) is 6.08. The van der Waals surface area contributed by atoms with Gasteiger partial charge < -0.3 is 9.47 Å². The Morgan fingerprint density at radius 3 is 2.71 bits per heavy atom. The van der Waals surface area contributed by atoms with Gasteiger partial charge in [0.05, 0.1) is 11.1 Å². The van der Waals surface area contributed by atoms with Crippen LogP contribution in [0.3, 0.4) is 0 Å². The Bertz CT molecular complexity index is 583. The molecule has 6 heteroatoms. The first-order valence-electron chi connectivity index (χ1n) is 6.60. The minimum Gasteiger partial charge on any atom is -0.476 e. The predicted molar refractivity (Wildman–Crippen MR) is 80.2 cm³/mol. The van der Waals surface area contributed by atoms with Gasteiger partial charge in [-0.05, 0) is 39.0 Å². The molecule has 1 heterocycles. The summed E-state index contributed by atoms with van der Waals surface area (Å²) in [5, 5.41) is -0.629. The third kappa shape index (κ3) is 2.89. The molecular formula is C15H18ClNO4. The average Bonchev–Trinajstić information content (AvgIpc) is 2.42. The van der Waals surface area contributed by atoms with E-state index in [1.807, 2.05) is 0 Å². The van der Waals surface area contributed by atoms with E-state index >= 15 is 0 Å². The van der Waals surface area contributed by atoms with E-state index < -0.39 is 11.0 Å². The number of carbonyl (C=O) groups excluding carboxylic acids is 2. The highest BCUT2D eigenvalue weighted by atomic mass is 35.5. The SMILES string of the molecule is COCN1C(=O)C(C)(C)Oc2ccc(C(=O)C(C)Cl)cc21. The molecule has 1 aliphatic heterocycles. The van der Waals surface area contributed by atoms with E-state index in [1.54, 1.807) is 39.0 Å². The highest BCUT2D eigenvalue weighted by Crippen LogP contribution is 2.38. The lowest BCUT2D eigenvalue weighted by Crippen LogP contribution is -2.53. The summed E-state index contributed by atoms with van der Waals surface area (Å²) >= 11 is 5.83. The number of rotatable bonds is 4. The van der Waals surface area contributed by atoms with Gasteiger partial charge in [0.25, 0.3) is 5.91 Å². The first-order chi connectivity index (χ1) is 9.77. The summed E-state index contributed by atoms with van der Waals surface area (Å²) in [7, 11) is 1.51. The van der Waals surface area contributed by atoms with Gasteiger partial charge in [0.2, 0.25) is 0 Å². The third-order valence-corrected chi connectivity index (χ3v) is 3.48. The number of ether oxygens (including phenoxy) is 2. The van der Waals surface area contributed by atoms with Crippen LogP contribution in [0.5, 0.6) is 5.75 Å². The fraction of sp³-hybridized carbons (Fsp3) is 0.467. The van der Waals surface area contributed by atoms with Crippen molar-refractivity contribution in [2.45, 2.75) is 31.7 Å². The normalized spacial score (nSPS) is 18.0. The zero-order chi connectivity index (χ0) is 15.8. The van der Waals surface area contributed by atoms with Crippen molar-refractivity contribution in [2.24, 2.45) is 0 Å². The number of fused-ring (bicyclic) bond motifs is 1. The smallest absolute Gasteiger partial charge is 0.272 e. The summed E-state index contributed by atoms with van der Waals surface area (Å²) in [6.07, 6.45) is 0. The maximum atomic E-state index is 12.4. The van der Waals surface area contributed by atoms with Crippen LogP contribution in [0, 0.1) is 0 Å². The Balaban J connectivity index is 2.50. The summed E-state index contributed by atoms with van der Waals surface area (Å²) in [5.41, 5.74) is -0.0191. The molecule has 0 saturated carbocycles. The summed E-state index contributed by atoms with van der Waals surface area (Å²) in [6.45, 7) is 5.09. The molecule has 1 unspecified atom stereocenters. The number of halogens is 1. The number of carbonyl (C=O) groups is 2. The van der Waals surface area contributed by atoms with E-state index in [2.05, 4.69) is 0 Å². The second kappa shape index (κ2) is 5.66. The van der Waals surface area contributed by atoms with Crippen LogP contribution in [0.15, 0.2) is 18.2 Å². The van der Waals surface area contributed by atoms with Crippen LogP contribution in [0.2, 0.25) is 0 Å². The van der Waals surface area contributed by atoms with Crippen LogP contribution in [-0.4, -0.2) is 36.5 Å². The molecule has 1 aromatic rings. The molecule has 0 bridgehead atoms. The van der Waals surface area contributed by atoms with Crippen molar-refractivity contribution in [3.8, 4) is 5.75 Å². The molecule has 1 aliphatic rings. The number of ketones is 1. The van der Waals surface area contributed by atoms with Gasteiger partial charge >= 0.3 is 0 Å². The third-order valence-electron chi connectivity index (χ3n) is 3.28.